The molecular weight excluding hydrogens is 422 g/mol. The molecule has 158 valence electrons. The van der Waals surface area contributed by atoms with Crippen molar-refractivity contribution in [2.24, 2.45) is 0 Å². The van der Waals surface area contributed by atoms with Crippen LogP contribution >= 0.6 is 23.6 Å². The predicted octanol–water partition coefficient (Wildman–Crippen LogP) is 5.67. The van der Waals surface area contributed by atoms with Gasteiger partial charge in [0.15, 0.2) is 5.82 Å². The molecule has 0 spiro atoms. The van der Waals surface area contributed by atoms with Crippen molar-refractivity contribution in [3.05, 3.63) is 81.0 Å². The first-order valence-electron chi connectivity index (χ1n) is 10.6. The molecule has 1 aliphatic heterocycles. The summed E-state index contributed by atoms with van der Waals surface area (Å²) >= 11 is 7.85. The highest BCUT2D eigenvalue weighted by Gasteiger charge is 2.21. The maximum atomic E-state index is 5.99. The van der Waals surface area contributed by atoms with Crippen LogP contribution in [0.1, 0.15) is 35.8 Å². The molecule has 5 rings (SSSR count). The second-order valence-corrected chi connectivity index (χ2v) is 9.58. The fourth-order valence-corrected chi connectivity index (χ4v) is 5.37. The number of benzene rings is 1. The van der Waals surface area contributed by atoms with E-state index >= 15 is 0 Å². The molecule has 0 aliphatic carbocycles. The molecule has 0 fully saturated rings. The minimum atomic E-state index is 0.377. The first kappa shape index (κ1) is 20.3. The van der Waals surface area contributed by atoms with Crippen molar-refractivity contribution in [3.63, 3.8) is 0 Å². The molecule has 0 saturated heterocycles. The van der Waals surface area contributed by atoms with Gasteiger partial charge in [-0.15, -0.1) is 16.4 Å². The average molecular weight is 448 g/mol. The fourth-order valence-electron chi connectivity index (χ4n) is 4.20. The second-order valence-electron chi connectivity index (χ2n) is 8.21. The van der Waals surface area contributed by atoms with Crippen LogP contribution in [0.2, 0.25) is 0 Å². The third-order valence-electron chi connectivity index (χ3n) is 5.78. The lowest BCUT2D eigenvalue weighted by Crippen LogP contribution is -2.32. The summed E-state index contributed by atoms with van der Waals surface area (Å²) in [7, 11) is 0. The van der Waals surface area contributed by atoms with Crippen LogP contribution in [-0.2, 0) is 19.6 Å². The number of para-hydroxylation sites is 1. The van der Waals surface area contributed by atoms with Crippen molar-refractivity contribution >= 4 is 23.6 Å². The van der Waals surface area contributed by atoms with Gasteiger partial charge in [0.05, 0.1) is 12.4 Å². The van der Waals surface area contributed by atoms with E-state index in [0.29, 0.717) is 17.4 Å². The number of pyridine rings is 1. The largest absolute Gasteiger partial charge is 0.280 e. The quantitative estimate of drug-likeness (QED) is 0.370. The smallest absolute Gasteiger partial charge is 0.204 e. The number of fused-ring (bicyclic) bond motifs is 1. The Kier molecular flexibility index (Phi) is 5.56. The topological polar surface area (TPSA) is 38.9 Å². The molecule has 0 N–H and O–H groups in total. The standard InChI is InChI=1S/C24H25N5S2/c1-17(2)20-7-3-4-8-21(20)29-23(18-6-5-11-25-14-18)26-28(24(29)30)16-27-12-9-22-19(15-27)10-13-31-22/h3-8,10-11,13-14,17H,9,12,15-16H2,1-2H3. The van der Waals surface area contributed by atoms with Crippen molar-refractivity contribution in [2.45, 2.75) is 39.4 Å². The molecule has 1 aromatic carbocycles. The van der Waals surface area contributed by atoms with E-state index in [1.54, 1.807) is 6.20 Å². The average Bonchev–Trinajstić information content (AvgIpc) is 3.38. The van der Waals surface area contributed by atoms with Gasteiger partial charge in [-0.2, -0.15) is 0 Å². The second kappa shape index (κ2) is 8.49. The molecule has 4 aromatic rings. The molecule has 0 atom stereocenters. The summed E-state index contributed by atoms with van der Waals surface area (Å²) in [5.74, 6) is 1.21. The zero-order valence-corrected chi connectivity index (χ0v) is 19.4. The number of hydrogen-bond donors (Lipinski definition) is 0. The van der Waals surface area contributed by atoms with E-state index in [4.69, 9.17) is 17.3 Å². The summed E-state index contributed by atoms with van der Waals surface area (Å²) in [5.41, 5.74) is 4.74. The van der Waals surface area contributed by atoms with E-state index < -0.39 is 0 Å². The Labute approximate surface area is 191 Å². The first-order valence-corrected chi connectivity index (χ1v) is 11.9. The molecular formula is C24H25N5S2. The summed E-state index contributed by atoms with van der Waals surface area (Å²) in [6, 6.07) is 14.7. The third-order valence-corrected chi connectivity index (χ3v) is 7.20. The third kappa shape index (κ3) is 3.89. The van der Waals surface area contributed by atoms with Crippen LogP contribution in [0.4, 0.5) is 0 Å². The monoisotopic (exact) mass is 447 g/mol. The van der Waals surface area contributed by atoms with Crippen LogP contribution in [0, 0.1) is 4.77 Å². The lowest BCUT2D eigenvalue weighted by atomic mass is 10.0. The van der Waals surface area contributed by atoms with E-state index in [-0.39, 0.29) is 0 Å². The van der Waals surface area contributed by atoms with Crippen LogP contribution in [-0.4, -0.2) is 30.8 Å². The van der Waals surface area contributed by atoms with Gasteiger partial charge >= 0.3 is 0 Å². The van der Waals surface area contributed by atoms with Crippen LogP contribution in [0.5, 0.6) is 0 Å². The minimum Gasteiger partial charge on any atom is -0.280 e. The number of aromatic nitrogens is 4. The summed E-state index contributed by atoms with van der Waals surface area (Å²) in [4.78, 5) is 8.25. The zero-order valence-electron chi connectivity index (χ0n) is 17.7. The van der Waals surface area contributed by atoms with Gasteiger partial charge in [-0.05, 0) is 65.3 Å². The molecule has 0 radical (unpaired) electrons. The predicted molar refractivity (Wildman–Crippen MR) is 128 cm³/mol. The molecule has 0 unspecified atom stereocenters. The number of hydrogen-bond acceptors (Lipinski definition) is 5. The summed E-state index contributed by atoms with van der Waals surface area (Å²) < 4.78 is 4.79. The fraction of sp³-hybridized carbons (Fsp3) is 0.292. The van der Waals surface area contributed by atoms with Crippen LogP contribution in [0.3, 0.4) is 0 Å². The minimum absolute atomic E-state index is 0.377. The summed E-state index contributed by atoms with van der Waals surface area (Å²) in [6.07, 6.45) is 4.73. The van der Waals surface area contributed by atoms with E-state index in [9.17, 15) is 0 Å². The van der Waals surface area contributed by atoms with Crippen LogP contribution < -0.4 is 0 Å². The molecule has 5 nitrogen and oxygen atoms in total. The van der Waals surface area contributed by atoms with Crippen molar-refractivity contribution in [2.75, 3.05) is 6.54 Å². The zero-order chi connectivity index (χ0) is 21.4. The summed E-state index contributed by atoms with van der Waals surface area (Å²) in [6.45, 7) is 7.06. The van der Waals surface area contributed by atoms with Gasteiger partial charge in [-0.1, -0.05) is 32.0 Å². The molecule has 7 heteroatoms. The van der Waals surface area contributed by atoms with Crippen molar-refractivity contribution in [1.29, 1.82) is 0 Å². The molecule has 0 amide bonds. The Morgan fingerprint density at radius 2 is 2.00 bits per heavy atom. The van der Waals surface area contributed by atoms with E-state index in [1.807, 2.05) is 34.3 Å². The molecule has 3 aromatic heterocycles. The lowest BCUT2D eigenvalue weighted by Gasteiger charge is -2.26. The van der Waals surface area contributed by atoms with Crippen molar-refractivity contribution in [1.82, 2.24) is 24.2 Å². The highest BCUT2D eigenvalue weighted by Crippen LogP contribution is 2.29. The number of thiophene rings is 1. The number of nitrogens with zero attached hydrogens (tertiary/aromatic N) is 5. The molecule has 31 heavy (non-hydrogen) atoms. The highest BCUT2D eigenvalue weighted by molar-refractivity contribution is 7.71. The van der Waals surface area contributed by atoms with E-state index in [0.717, 1.165) is 36.6 Å². The first-order chi connectivity index (χ1) is 15.1. The molecule has 0 bridgehead atoms. The van der Waals surface area contributed by atoms with E-state index in [2.05, 4.69) is 64.0 Å². The Morgan fingerprint density at radius 1 is 1.13 bits per heavy atom. The van der Waals surface area contributed by atoms with Gasteiger partial charge in [0, 0.05) is 35.9 Å². The maximum absolute atomic E-state index is 5.99. The highest BCUT2D eigenvalue weighted by atomic mass is 32.1. The van der Waals surface area contributed by atoms with Gasteiger partial charge in [-0.25, -0.2) is 4.68 Å². The molecule has 4 heterocycles. The van der Waals surface area contributed by atoms with Crippen molar-refractivity contribution in [3.8, 4) is 17.1 Å². The van der Waals surface area contributed by atoms with E-state index in [1.165, 1.54) is 16.0 Å². The Hall–Kier alpha value is -2.61. The van der Waals surface area contributed by atoms with Gasteiger partial charge in [0.2, 0.25) is 4.77 Å². The SMILES string of the molecule is CC(C)c1ccccc1-n1c(-c2cccnc2)nn(CN2CCc3sccc3C2)c1=S. The normalized spacial score (nSPS) is 14.2. The van der Waals surface area contributed by atoms with Gasteiger partial charge in [0.1, 0.15) is 0 Å². The maximum Gasteiger partial charge on any atom is 0.204 e. The summed E-state index contributed by atoms with van der Waals surface area (Å²) in [5, 5.41) is 7.18. The lowest BCUT2D eigenvalue weighted by molar-refractivity contribution is 0.189. The van der Waals surface area contributed by atoms with Crippen molar-refractivity contribution < 1.29 is 0 Å². The Balaban J connectivity index is 1.60. The van der Waals surface area contributed by atoms with Gasteiger partial charge in [-0.3, -0.25) is 14.5 Å². The number of rotatable bonds is 5. The van der Waals surface area contributed by atoms with Gasteiger partial charge < -0.3 is 0 Å². The Bertz CT molecular complexity index is 1250. The molecule has 1 aliphatic rings. The van der Waals surface area contributed by atoms with Crippen LogP contribution in [0.15, 0.2) is 60.2 Å². The van der Waals surface area contributed by atoms with Crippen LogP contribution in [0.25, 0.3) is 17.1 Å². The van der Waals surface area contributed by atoms with Gasteiger partial charge in [0.25, 0.3) is 0 Å². The molecule has 0 saturated carbocycles. The Morgan fingerprint density at radius 3 is 2.81 bits per heavy atom.